The van der Waals surface area contributed by atoms with Crippen LogP contribution < -0.4 is 5.32 Å². The molecule has 2 saturated heterocycles. The van der Waals surface area contributed by atoms with Gasteiger partial charge < -0.3 is 19.5 Å². The lowest BCUT2D eigenvalue weighted by Crippen LogP contribution is -2.43. The molecule has 2 aliphatic rings. The maximum absolute atomic E-state index is 13.0. The summed E-state index contributed by atoms with van der Waals surface area (Å²) in [6, 6.07) is 10.0. The first-order valence-electron chi connectivity index (χ1n) is 11.5. The number of likely N-dealkylation sites (tertiary alicyclic amines) is 1. The molecule has 2 aliphatic heterocycles. The average molecular weight is 435 g/mol. The normalized spacial score (nSPS) is 21.5. The molecule has 4 rings (SSSR count). The summed E-state index contributed by atoms with van der Waals surface area (Å²) < 4.78 is 7.45. The van der Waals surface area contributed by atoms with Gasteiger partial charge in [0.15, 0.2) is 0 Å². The van der Waals surface area contributed by atoms with Crippen LogP contribution in [-0.2, 0) is 20.9 Å². The van der Waals surface area contributed by atoms with Crippen LogP contribution in [0.4, 0.5) is 0 Å². The smallest absolute Gasteiger partial charge is 0.262 e. The maximum atomic E-state index is 13.0. The number of nitriles is 1. The highest BCUT2D eigenvalue weighted by Crippen LogP contribution is 2.25. The van der Waals surface area contributed by atoms with E-state index in [1.54, 1.807) is 6.08 Å². The lowest BCUT2D eigenvalue weighted by molar-refractivity contribution is -0.135. The van der Waals surface area contributed by atoms with Crippen molar-refractivity contribution in [3.63, 3.8) is 0 Å². The van der Waals surface area contributed by atoms with Crippen LogP contribution >= 0.6 is 0 Å². The number of carbonyl (C=O) groups excluding carboxylic acids is 2. The molecule has 32 heavy (non-hydrogen) atoms. The van der Waals surface area contributed by atoms with E-state index in [0.29, 0.717) is 6.54 Å². The van der Waals surface area contributed by atoms with E-state index in [0.717, 1.165) is 61.7 Å². The van der Waals surface area contributed by atoms with Gasteiger partial charge in [0.25, 0.3) is 5.91 Å². The van der Waals surface area contributed by atoms with Gasteiger partial charge in [-0.3, -0.25) is 9.59 Å². The molecule has 0 aliphatic carbocycles. The molecule has 2 fully saturated rings. The highest BCUT2D eigenvalue weighted by atomic mass is 16.5. The fourth-order valence-corrected chi connectivity index (χ4v) is 4.64. The van der Waals surface area contributed by atoms with Crippen LogP contribution in [0.25, 0.3) is 17.0 Å². The number of hydrogen-bond donors (Lipinski definition) is 1. The molecule has 2 amide bonds. The van der Waals surface area contributed by atoms with Gasteiger partial charge in [-0.1, -0.05) is 18.2 Å². The second kappa shape index (κ2) is 10.0. The first-order chi connectivity index (χ1) is 15.6. The van der Waals surface area contributed by atoms with Crippen molar-refractivity contribution in [1.82, 2.24) is 14.8 Å². The Morgan fingerprint density at radius 1 is 1.25 bits per heavy atom. The van der Waals surface area contributed by atoms with E-state index in [4.69, 9.17) is 4.74 Å². The lowest BCUT2D eigenvalue weighted by Gasteiger charge is -2.33. The van der Waals surface area contributed by atoms with Crippen molar-refractivity contribution < 1.29 is 14.3 Å². The topological polar surface area (TPSA) is 87.4 Å². The van der Waals surface area contributed by atoms with Crippen molar-refractivity contribution in [2.24, 2.45) is 0 Å². The molecule has 1 aromatic carbocycles. The SMILES string of the molecule is C[C@@H]1CCCCN1C(=O)Cn1cc(/C=C(\C#N)C(=O)NC[C@H]2CCCO2)c2ccccc21. The van der Waals surface area contributed by atoms with E-state index < -0.39 is 5.91 Å². The van der Waals surface area contributed by atoms with E-state index in [1.807, 2.05) is 46.0 Å². The largest absolute Gasteiger partial charge is 0.376 e. The van der Waals surface area contributed by atoms with E-state index in [-0.39, 0.29) is 30.2 Å². The van der Waals surface area contributed by atoms with Crippen LogP contribution in [-0.4, -0.2) is 53.1 Å². The lowest BCUT2D eigenvalue weighted by atomic mass is 10.0. The highest BCUT2D eigenvalue weighted by molar-refractivity contribution is 6.04. The summed E-state index contributed by atoms with van der Waals surface area (Å²) in [5.74, 6) is -0.304. The summed E-state index contributed by atoms with van der Waals surface area (Å²) in [7, 11) is 0. The molecule has 0 saturated carbocycles. The zero-order valence-electron chi connectivity index (χ0n) is 18.5. The Balaban J connectivity index is 1.55. The molecule has 1 N–H and O–H groups in total. The fourth-order valence-electron chi connectivity index (χ4n) is 4.64. The first kappa shape index (κ1) is 22.1. The summed E-state index contributed by atoms with van der Waals surface area (Å²) in [4.78, 5) is 27.5. The monoisotopic (exact) mass is 434 g/mol. The van der Waals surface area contributed by atoms with E-state index >= 15 is 0 Å². The molecular formula is C25H30N4O3. The van der Waals surface area contributed by atoms with Gasteiger partial charge in [0.2, 0.25) is 5.91 Å². The zero-order chi connectivity index (χ0) is 22.5. The molecule has 0 radical (unpaired) electrons. The number of hydrogen-bond acceptors (Lipinski definition) is 4. The number of nitrogens with one attached hydrogen (secondary N) is 1. The van der Waals surface area contributed by atoms with Gasteiger partial charge in [-0.15, -0.1) is 0 Å². The van der Waals surface area contributed by atoms with Crippen LogP contribution in [0.5, 0.6) is 0 Å². The molecule has 0 unspecified atom stereocenters. The molecule has 2 aromatic rings. The number of amides is 2. The molecule has 7 nitrogen and oxygen atoms in total. The second-order valence-electron chi connectivity index (χ2n) is 8.68. The molecule has 1 aromatic heterocycles. The number of carbonyl (C=O) groups is 2. The molecule has 7 heteroatoms. The minimum Gasteiger partial charge on any atom is -0.376 e. The number of fused-ring (bicyclic) bond motifs is 1. The van der Waals surface area contributed by atoms with Crippen LogP contribution in [0.15, 0.2) is 36.0 Å². The third kappa shape index (κ3) is 4.86. The standard InChI is InChI=1S/C25H30N4O3/c1-18-7-4-5-11-29(18)24(30)17-28-16-20(22-9-2-3-10-23(22)28)13-19(14-26)25(31)27-15-21-8-6-12-32-21/h2-3,9-10,13,16,18,21H,4-8,11-12,15,17H2,1H3,(H,27,31)/b19-13+/t18-,21-/m1/s1. The van der Waals surface area contributed by atoms with Crippen LogP contribution in [0.3, 0.4) is 0 Å². The minimum absolute atomic E-state index is 0.0176. The quantitative estimate of drug-likeness (QED) is 0.559. The summed E-state index contributed by atoms with van der Waals surface area (Å²) in [5.41, 5.74) is 1.71. The first-order valence-corrected chi connectivity index (χ1v) is 11.5. The Hall–Kier alpha value is -3.11. The van der Waals surface area contributed by atoms with Gasteiger partial charge in [0.05, 0.1) is 6.10 Å². The molecule has 2 atom stereocenters. The average Bonchev–Trinajstić information content (AvgIpc) is 3.44. The van der Waals surface area contributed by atoms with Crippen molar-refractivity contribution in [2.75, 3.05) is 19.7 Å². The van der Waals surface area contributed by atoms with Crippen molar-refractivity contribution >= 4 is 28.8 Å². The Morgan fingerprint density at radius 3 is 2.84 bits per heavy atom. The number of para-hydroxylation sites is 1. The van der Waals surface area contributed by atoms with Gasteiger partial charge in [-0.2, -0.15) is 5.26 Å². The molecule has 3 heterocycles. The van der Waals surface area contributed by atoms with Crippen molar-refractivity contribution in [3.05, 3.63) is 41.6 Å². The molecule has 0 bridgehead atoms. The number of nitrogens with zero attached hydrogens (tertiary/aromatic N) is 3. The second-order valence-corrected chi connectivity index (χ2v) is 8.68. The van der Waals surface area contributed by atoms with Gasteiger partial charge in [-0.25, -0.2) is 0 Å². The highest BCUT2D eigenvalue weighted by Gasteiger charge is 2.24. The van der Waals surface area contributed by atoms with Crippen LogP contribution in [0.1, 0.15) is 44.6 Å². The summed E-state index contributed by atoms with van der Waals surface area (Å²) in [5, 5.41) is 13.3. The van der Waals surface area contributed by atoms with E-state index in [1.165, 1.54) is 0 Å². The van der Waals surface area contributed by atoms with Gasteiger partial charge >= 0.3 is 0 Å². The zero-order valence-corrected chi connectivity index (χ0v) is 18.5. The molecular weight excluding hydrogens is 404 g/mol. The third-order valence-electron chi connectivity index (χ3n) is 6.43. The van der Waals surface area contributed by atoms with E-state index in [9.17, 15) is 14.9 Å². The Bertz CT molecular complexity index is 1060. The van der Waals surface area contributed by atoms with Crippen molar-refractivity contribution in [1.29, 1.82) is 5.26 Å². The Labute approximate surface area is 188 Å². The molecule has 168 valence electrons. The minimum atomic E-state index is -0.405. The summed E-state index contributed by atoms with van der Waals surface area (Å²) in [6.07, 6.45) is 8.65. The van der Waals surface area contributed by atoms with Crippen LogP contribution in [0, 0.1) is 11.3 Å². The maximum Gasteiger partial charge on any atom is 0.262 e. The van der Waals surface area contributed by atoms with Crippen LogP contribution in [0.2, 0.25) is 0 Å². The predicted octanol–water partition coefficient (Wildman–Crippen LogP) is 3.24. The van der Waals surface area contributed by atoms with Gasteiger partial charge in [0.1, 0.15) is 18.2 Å². The van der Waals surface area contributed by atoms with E-state index in [2.05, 4.69) is 12.2 Å². The van der Waals surface area contributed by atoms with Gasteiger partial charge in [-0.05, 0) is 51.2 Å². The summed E-state index contributed by atoms with van der Waals surface area (Å²) in [6.45, 7) is 4.27. The fraction of sp³-hybridized carbons (Fsp3) is 0.480. The number of ether oxygens (including phenoxy) is 1. The molecule has 0 spiro atoms. The summed E-state index contributed by atoms with van der Waals surface area (Å²) >= 11 is 0. The Morgan fingerprint density at radius 2 is 2.09 bits per heavy atom. The van der Waals surface area contributed by atoms with Crippen molar-refractivity contribution in [3.8, 4) is 6.07 Å². The third-order valence-corrected chi connectivity index (χ3v) is 6.43. The number of benzene rings is 1. The number of rotatable bonds is 6. The number of piperidine rings is 1. The number of aromatic nitrogens is 1. The predicted molar refractivity (Wildman–Crippen MR) is 123 cm³/mol. The Kier molecular flexibility index (Phi) is 6.91. The van der Waals surface area contributed by atoms with Gasteiger partial charge in [0, 0.05) is 48.4 Å². The van der Waals surface area contributed by atoms with Crippen molar-refractivity contribution in [2.45, 2.75) is 57.7 Å².